The zero-order valence-electron chi connectivity index (χ0n) is 11.4. The van der Waals surface area contributed by atoms with E-state index in [4.69, 9.17) is 15.6 Å². The van der Waals surface area contributed by atoms with Gasteiger partial charge in [0, 0.05) is 13.2 Å². The Morgan fingerprint density at radius 3 is 2.78 bits per heavy atom. The molecule has 1 rings (SSSR count). The van der Waals surface area contributed by atoms with Crippen molar-refractivity contribution in [1.82, 2.24) is 4.98 Å². The highest BCUT2D eigenvalue weighted by molar-refractivity contribution is 5.53. The summed E-state index contributed by atoms with van der Waals surface area (Å²) < 4.78 is 5.07. The number of aliphatic hydroxyl groups is 1. The molecule has 102 valence electrons. The molecule has 0 aliphatic heterocycles. The third-order valence-corrected chi connectivity index (χ3v) is 2.84. The second-order valence-electron chi connectivity index (χ2n) is 5.14. The fourth-order valence-electron chi connectivity index (χ4n) is 1.69. The zero-order valence-corrected chi connectivity index (χ0v) is 11.4. The number of nitrogens with one attached hydrogen (secondary N) is 1. The minimum Gasteiger partial charge on any atom is -0.479 e. The third-order valence-electron chi connectivity index (χ3n) is 2.84. The number of aromatic nitrogens is 1. The minimum absolute atomic E-state index is 0.110. The van der Waals surface area contributed by atoms with Crippen LogP contribution in [0.3, 0.4) is 0 Å². The molecule has 5 nitrogen and oxygen atoms in total. The number of aliphatic hydroxyl groups excluding tert-OH is 1. The van der Waals surface area contributed by atoms with Gasteiger partial charge in [-0.15, -0.1) is 0 Å². The van der Waals surface area contributed by atoms with Crippen LogP contribution in [0, 0.1) is 5.41 Å². The maximum absolute atomic E-state index is 8.85. The molecule has 0 amide bonds. The van der Waals surface area contributed by atoms with Crippen LogP contribution in [0.15, 0.2) is 12.1 Å². The minimum atomic E-state index is 0.110. The summed E-state index contributed by atoms with van der Waals surface area (Å²) in [6, 6.07) is 3.61. The summed E-state index contributed by atoms with van der Waals surface area (Å²) in [5, 5.41) is 12.1. The van der Waals surface area contributed by atoms with Crippen molar-refractivity contribution in [3.8, 4) is 5.88 Å². The number of ether oxygens (including phenoxy) is 1. The number of nitrogens with zero attached hydrogens (tertiary/aromatic N) is 1. The first kappa shape index (κ1) is 14.6. The summed E-state index contributed by atoms with van der Waals surface area (Å²) in [5.74, 6) is 1.19. The Kier molecular flexibility index (Phi) is 5.22. The Morgan fingerprint density at radius 2 is 2.17 bits per heavy atom. The molecule has 1 aromatic rings. The highest BCUT2D eigenvalue weighted by atomic mass is 16.5. The van der Waals surface area contributed by atoms with Gasteiger partial charge in [-0.25, -0.2) is 0 Å². The molecule has 0 aliphatic carbocycles. The topological polar surface area (TPSA) is 80.4 Å². The van der Waals surface area contributed by atoms with E-state index < -0.39 is 0 Å². The SMILES string of the molecule is COc1nc(NCC(C)(C)CCCO)ccc1N. The van der Waals surface area contributed by atoms with Crippen molar-refractivity contribution < 1.29 is 9.84 Å². The number of hydrogen-bond acceptors (Lipinski definition) is 5. The summed E-state index contributed by atoms with van der Waals surface area (Å²) in [5.41, 5.74) is 6.34. The van der Waals surface area contributed by atoms with E-state index in [1.165, 1.54) is 0 Å². The Morgan fingerprint density at radius 1 is 1.44 bits per heavy atom. The molecule has 1 heterocycles. The van der Waals surface area contributed by atoms with Crippen LogP contribution in [0.25, 0.3) is 0 Å². The van der Waals surface area contributed by atoms with Crippen molar-refractivity contribution in [2.24, 2.45) is 5.41 Å². The molecule has 0 saturated carbocycles. The molecule has 0 fully saturated rings. The lowest BCUT2D eigenvalue weighted by molar-refractivity contribution is 0.248. The molecule has 0 unspecified atom stereocenters. The van der Waals surface area contributed by atoms with Gasteiger partial charge in [0.25, 0.3) is 0 Å². The Balaban J connectivity index is 2.57. The lowest BCUT2D eigenvalue weighted by Gasteiger charge is -2.25. The normalized spacial score (nSPS) is 11.3. The summed E-state index contributed by atoms with van der Waals surface area (Å²) in [6.07, 6.45) is 1.77. The molecule has 0 atom stereocenters. The van der Waals surface area contributed by atoms with Crippen molar-refractivity contribution in [1.29, 1.82) is 0 Å². The molecule has 0 aromatic carbocycles. The number of rotatable bonds is 7. The van der Waals surface area contributed by atoms with Crippen LogP contribution in [0.2, 0.25) is 0 Å². The monoisotopic (exact) mass is 253 g/mol. The largest absolute Gasteiger partial charge is 0.479 e. The van der Waals surface area contributed by atoms with E-state index in [0.717, 1.165) is 25.2 Å². The fraction of sp³-hybridized carbons (Fsp3) is 0.615. The number of pyridine rings is 1. The smallest absolute Gasteiger partial charge is 0.238 e. The number of anilines is 2. The van der Waals surface area contributed by atoms with Crippen molar-refractivity contribution >= 4 is 11.5 Å². The Labute approximate surface area is 108 Å². The first-order chi connectivity index (χ1) is 8.48. The predicted molar refractivity (Wildman–Crippen MR) is 73.8 cm³/mol. The van der Waals surface area contributed by atoms with E-state index in [2.05, 4.69) is 24.1 Å². The van der Waals surface area contributed by atoms with Crippen LogP contribution in [-0.4, -0.2) is 30.4 Å². The van der Waals surface area contributed by atoms with E-state index >= 15 is 0 Å². The first-order valence-electron chi connectivity index (χ1n) is 6.14. The molecule has 4 N–H and O–H groups in total. The van der Waals surface area contributed by atoms with Gasteiger partial charge in [0.05, 0.1) is 12.8 Å². The predicted octanol–water partition coefficient (Wildman–Crippen LogP) is 1.88. The van der Waals surface area contributed by atoms with Gasteiger partial charge >= 0.3 is 0 Å². The fourth-order valence-corrected chi connectivity index (χ4v) is 1.69. The summed E-state index contributed by atoms with van der Waals surface area (Å²) in [4.78, 5) is 4.27. The zero-order chi connectivity index (χ0) is 13.6. The maximum atomic E-state index is 8.85. The first-order valence-corrected chi connectivity index (χ1v) is 6.14. The van der Waals surface area contributed by atoms with E-state index in [9.17, 15) is 0 Å². The average Bonchev–Trinajstić information content (AvgIpc) is 2.35. The van der Waals surface area contributed by atoms with Gasteiger partial charge in [-0.1, -0.05) is 13.8 Å². The number of nitrogen functional groups attached to an aromatic ring is 1. The number of methoxy groups -OCH3 is 1. The summed E-state index contributed by atoms with van der Waals surface area (Å²) in [7, 11) is 1.55. The molecule has 0 bridgehead atoms. The highest BCUT2D eigenvalue weighted by Crippen LogP contribution is 2.24. The van der Waals surface area contributed by atoms with Crippen molar-refractivity contribution in [2.45, 2.75) is 26.7 Å². The van der Waals surface area contributed by atoms with Crippen LogP contribution < -0.4 is 15.8 Å². The van der Waals surface area contributed by atoms with E-state index in [0.29, 0.717) is 11.6 Å². The van der Waals surface area contributed by atoms with Crippen molar-refractivity contribution in [3.63, 3.8) is 0 Å². The summed E-state index contributed by atoms with van der Waals surface area (Å²) in [6.45, 7) is 5.33. The van der Waals surface area contributed by atoms with Crippen molar-refractivity contribution in [3.05, 3.63) is 12.1 Å². The molecule has 5 heteroatoms. The highest BCUT2D eigenvalue weighted by Gasteiger charge is 2.17. The van der Waals surface area contributed by atoms with Crippen LogP contribution >= 0.6 is 0 Å². The van der Waals surface area contributed by atoms with Crippen molar-refractivity contribution in [2.75, 3.05) is 31.3 Å². The van der Waals surface area contributed by atoms with Gasteiger partial charge in [-0.2, -0.15) is 4.98 Å². The average molecular weight is 253 g/mol. The van der Waals surface area contributed by atoms with Crippen LogP contribution in [0.1, 0.15) is 26.7 Å². The molecular formula is C13H23N3O2. The van der Waals surface area contributed by atoms with Gasteiger partial charge < -0.3 is 20.9 Å². The molecular weight excluding hydrogens is 230 g/mol. The second-order valence-corrected chi connectivity index (χ2v) is 5.14. The molecule has 0 aliphatic rings. The van der Waals surface area contributed by atoms with E-state index in [-0.39, 0.29) is 12.0 Å². The lowest BCUT2D eigenvalue weighted by Crippen LogP contribution is -2.23. The molecule has 0 radical (unpaired) electrons. The summed E-state index contributed by atoms with van der Waals surface area (Å²) >= 11 is 0. The molecule has 0 saturated heterocycles. The van der Waals surface area contributed by atoms with Gasteiger partial charge in [0.2, 0.25) is 5.88 Å². The van der Waals surface area contributed by atoms with Gasteiger partial charge in [0.1, 0.15) is 5.82 Å². The van der Waals surface area contributed by atoms with Gasteiger partial charge in [-0.3, -0.25) is 0 Å². The standard InChI is InChI=1S/C13H23N3O2/c1-13(2,7-4-8-17)9-15-11-6-5-10(14)12(16-11)18-3/h5-6,17H,4,7-9,14H2,1-3H3,(H,15,16). The van der Waals surface area contributed by atoms with E-state index in [1.54, 1.807) is 13.2 Å². The van der Waals surface area contributed by atoms with Crippen LogP contribution in [0.4, 0.5) is 11.5 Å². The molecule has 0 spiro atoms. The number of nitrogens with two attached hydrogens (primary N) is 1. The maximum Gasteiger partial charge on any atom is 0.238 e. The van der Waals surface area contributed by atoms with E-state index in [1.807, 2.05) is 6.07 Å². The molecule has 18 heavy (non-hydrogen) atoms. The second kappa shape index (κ2) is 6.44. The van der Waals surface area contributed by atoms with Gasteiger partial charge in [0.15, 0.2) is 0 Å². The Bertz CT molecular complexity index is 380. The number of hydrogen-bond donors (Lipinski definition) is 3. The lowest BCUT2D eigenvalue weighted by atomic mass is 9.88. The van der Waals surface area contributed by atoms with Crippen LogP contribution in [0.5, 0.6) is 5.88 Å². The van der Waals surface area contributed by atoms with Gasteiger partial charge in [-0.05, 0) is 30.4 Å². The third kappa shape index (κ3) is 4.41. The molecule has 1 aromatic heterocycles. The van der Waals surface area contributed by atoms with Crippen LogP contribution in [-0.2, 0) is 0 Å². The quantitative estimate of drug-likeness (QED) is 0.691. The Hall–Kier alpha value is -1.49.